The zero-order chi connectivity index (χ0) is 17.8. The van der Waals surface area contributed by atoms with Gasteiger partial charge in [-0.1, -0.05) is 6.07 Å². The third-order valence-electron chi connectivity index (χ3n) is 4.55. The van der Waals surface area contributed by atoms with Crippen molar-refractivity contribution in [3.63, 3.8) is 0 Å². The van der Waals surface area contributed by atoms with E-state index in [9.17, 15) is 4.79 Å². The van der Waals surface area contributed by atoms with Gasteiger partial charge >= 0.3 is 6.03 Å². The molecule has 1 unspecified atom stereocenters. The van der Waals surface area contributed by atoms with E-state index in [1.54, 1.807) is 17.5 Å². The van der Waals surface area contributed by atoms with Crippen molar-refractivity contribution in [1.82, 2.24) is 19.8 Å². The zero-order valence-corrected chi connectivity index (χ0v) is 15.8. The number of thiazole rings is 1. The maximum atomic E-state index is 12.4. The predicted octanol–water partition coefficient (Wildman–Crippen LogP) is 3.14. The van der Waals surface area contributed by atoms with Crippen molar-refractivity contribution < 1.29 is 4.79 Å². The van der Waals surface area contributed by atoms with Gasteiger partial charge in [0.1, 0.15) is 5.82 Å². The SMILES string of the molecule is Cc1ccc(NC(=O)N2CCC(CN(C)Cc3scnc3C)C2)nc1. The van der Waals surface area contributed by atoms with Crippen LogP contribution in [0.5, 0.6) is 0 Å². The van der Waals surface area contributed by atoms with Crippen LogP contribution < -0.4 is 5.32 Å². The van der Waals surface area contributed by atoms with E-state index in [-0.39, 0.29) is 6.03 Å². The number of nitrogens with zero attached hydrogens (tertiary/aromatic N) is 4. The number of anilines is 1. The van der Waals surface area contributed by atoms with Gasteiger partial charge in [0, 0.05) is 37.3 Å². The van der Waals surface area contributed by atoms with E-state index in [0.717, 1.165) is 43.9 Å². The number of carbonyl (C=O) groups is 1. The highest BCUT2D eigenvalue weighted by molar-refractivity contribution is 7.09. The van der Waals surface area contributed by atoms with Gasteiger partial charge in [-0.05, 0) is 44.9 Å². The summed E-state index contributed by atoms with van der Waals surface area (Å²) >= 11 is 1.71. The average Bonchev–Trinajstić information content (AvgIpc) is 3.19. The summed E-state index contributed by atoms with van der Waals surface area (Å²) in [5.41, 5.74) is 4.10. The molecule has 0 bridgehead atoms. The average molecular weight is 359 g/mol. The minimum absolute atomic E-state index is 0.0557. The van der Waals surface area contributed by atoms with Gasteiger partial charge in [0.25, 0.3) is 0 Å². The molecular weight excluding hydrogens is 334 g/mol. The molecule has 7 heteroatoms. The lowest BCUT2D eigenvalue weighted by atomic mass is 10.1. The number of aryl methyl sites for hydroxylation is 2. The number of carbonyl (C=O) groups excluding carboxylic acids is 1. The molecule has 1 aliphatic heterocycles. The van der Waals surface area contributed by atoms with Gasteiger partial charge in [0.15, 0.2) is 0 Å². The first-order chi connectivity index (χ1) is 12.0. The second-order valence-electron chi connectivity index (χ2n) is 6.81. The van der Waals surface area contributed by atoms with Crippen LogP contribution >= 0.6 is 11.3 Å². The molecule has 0 saturated carbocycles. The van der Waals surface area contributed by atoms with Crippen LogP contribution in [0.3, 0.4) is 0 Å². The summed E-state index contributed by atoms with van der Waals surface area (Å²) in [5.74, 6) is 1.12. The summed E-state index contributed by atoms with van der Waals surface area (Å²) in [6.45, 7) is 7.55. The van der Waals surface area contributed by atoms with E-state index >= 15 is 0 Å². The van der Waals surface area contributed by atoms with Crippen molar-refractivity contribution in [3.05, 3.63) is 40.0 Å². The van der Waals surface area contributed by atoms with Crippen molar-refractivity contribution in [1.29, 1.82) is 0 Å². The second kappa shape index (κ2) is 7.93. The van der Waals surface area contributed by atoms with Gasteiger partial charge in [-0.15, -0.1) is 11.3 Å². The molecule has 0 aliphatic carbocycles. The molecule has 3 rings (SSSR count). The standard InChI is InChI=1S/C18H25N5OS/c1-13-4-5-17(19-8-13)21-18(24)23-7-6-15(10-23)9-22(3)11-16-14(2)20-12-25-16/h4-5,8,12,15H,6-7,9-11H2,1-3H3,(H,19,21,24). The fourth-order valence-electron chi connectivity index (χ4n) is 3.12. The number of nitrogens with one attached hydrogen (secondary N) is 1. The molecule has 6 nitrogen and oxygen atoms in total. The van der Waals surface area contributed by atoms with Gasteiger partial charge in [0.05, 0.1) is 11.2 Å². The summed E-state index contributed by atoms with van der Waals surface area (Å²) in [6.07, 6.45) is 2.81. The van der Waals surface area contributed by atoms with E-state index < -0.39 is 0 Å². The molecule has 134 valence electrons. The highest BCUT2D eigenvalue weighted by Crippen LogP contribution is 2.20. The number of hydrogen-bond donors (Lipinski definition) is 1. The Hall–Kier alpha value is -1.99. The quantitative estimate of drug-likeness (QED) is 0.891. The van der Waals surface area contributed by atoms with Crippen molar-refractivity contribution >= 4 is 23.2 Å². The van der Waals surface area contributed by atoms with E-state index in [1.807, 2.05) is 29.5 Å². The fourth-order valence-corrected chi connectivity index (χ4v) is 3.98. The third kappa shape index (κ3) is 4.76. The van der Waals surface area contributed by atoms with Crippen molar-refractivity contribution in [2.75, 3.05) is 32.0 Å². The van der Waals surface area contributed by atoms with Gasteiger partial charge < -0.3 is 9.80 Å². The number of hydrogen-bond acceptors (Lipinski definition) is 5. The molecule has 1 atom stereocenters. The number of aromatic nitrogens is 2. The highest BCUT2D eigenvalue weighted by Gasteiger charge is 2.27. The molecule has 0 radical (unpaired) electrons. The first kappa shape index (κ1) is 17.8. The van der Waals surface area contributed by atoms with Gasteiger partial charge in [-0.3, -0.25) is 5.32 Å². The zero-order valence-electron chi connectivity index (χ0n) is 15.0. The van der Waals surface area contributed by atoms with Crippen LogP contribution in [0, 0.1) is 19.8 Å². The fraction of sp³-hybridized carbons (Fsp3) is 0.500. The van der Waals surface area contributed by atoms with Crippen molar-refractivity contribution in [2.45, 2.75) is 26.8 Å². The second-order valence-corrected chi connectivity index (χ2v) is 7.75. The number of likely N-dealkylation sites (tertiary alicyclic amines) is 1. The Morgan fingerprint density at radius 1 is 1.40 bits per heavy atom. The van der Waals surface area contributed by atoms with E-state index in [4.69, 9.17) is 0 Å². The van der Waals surface area contributed by atoms with Crippen molar-refractivity contribution in [2.24, 2.45) is 5.92 Å². The number of amides is 2. The topological polar surface area (TPSA) is 61.4 Å². The summed E-state index contributed by atoms with van der Waals surface area (Å²) in [7, 11) is 2.14. The molecule has 2 aromatic rings. The van der Waals surface area contributed by atoms with Crippen LogP contribution in [0.4, 0.5) is 10.6 Å². The Bertz CT molecular complexity index is 715. The Morgan fingerprint density at radius 3 is 2.92 bits per heavy atom. The number of rotatable bonds is 5. The molecule has 1 saturated heterocycles. The van der Waals surface area contributed by atoms with Gasteiger partial charge in [0.2, 0.25) is 0 Å². The van der Waals surface area contributed by atoms with E-state index in [0.29, 0.717) is 11.7 Å². The Kier molecular flexibility index (Phi) is 5.65. The minimum atomic E-state index is -0.0557. The lowest BCUT2D eigenvalue weighted by Gasteiger charge is -2.21. The molecular formula is C18H25N5OS. The van der Waals surface area contributed by atoms with Gasteiger partial charge in [-0.25, -0.2) is 14.8 Å². The Morgan fingerprint density at radius 2 is 2.24 bits per heavy atom. The van der Waals surface area contributed by atoms with Crippen LogP contribution in [-0.4, -0.2) is 52.5 Å². The van der Waals surface area contributed by atoms with Crippen LogP contribution in [0.25, 0.3) is 0 Å². The van der Waals surface area contributed by atoms with E-state index in [2.05, 4.69) is 34.2 Å². The first-order valence-electron chi connectivity index (χ1n) is 8.57. The summed E-state index contributed by atoms with van der Waals surface area (Å²) in [6, 6.07) is 3.73. The maximum Gasteiger partial charge on any atom is 0.323 e. The summed E-state index contributed by atoms with van der Waals surface area (Å²) < 4.78 is 0. The minimum Gasteiger partial charge on any atom is -0.324 e. The van der Waals surface area contributed by atoms with E-state index in [1.165, 1.54) is 4.88 Å². The molecule has 2 aromatic heterocycles. The molecule has 1 fully saturated rings. The molecule has 2 amide bonds. The summed E-state index contributed by atoms with van der Waals surface area (Å²) in [4.78, 5) is 26.5. The molecule has 1 N–H and O–H groups in total. The lowest BCUT2D eigenvalue weighted by Crippen LogP contribution is -2.34. The first-order valence-corrected chi connectivity index (χ1v) is 9.45. The molecule has 1 aliphatic rings. The van der Waals surface area contributed by atoms with Crippen LogP contribution in [0.1, 0.15) is 22.6 Å². The van der Waals surface area contributed by atoms with Crippen LogP contribution in [0.15, 0.2) is 23.8 Å². The molecule has 0 aromatic carbocycles. The maximum absolute atomic E-state index is 12.4. The predicted molar refractivity (Wildman–Crippen MR) is 101 cm³/mol. The van der Waals surface area contributed by atoms with Crippen molar-refractivity contribution in [3.8, 4) is 0 Å². The summed E-state index contributed by atoms with van der Waals surface area (Å²) in [5, 5.41) is 2.88. The number of urea groups is 1. The number of pyridine rings is 1. The van der Waals surface area contributed by atoms with Crippen LogP contribution in [-0.2, 0) is 6.54 Å². The monoisotopic (exact) mass is 359 g/mol. The van der Waals surface area contributed by atoms with Crippen LogP contribution in [0.2, 0.25) is 0 Å². The molecule has 0 spiro atoms. The third-order valence-corrected chi connectivity index (χ3v) is 5.47. The largest absolute Gasteiger partial charge is 0.324 e. The highest BCUT2D eigenvalue weighted by atomic mass is 32.1. The Balaban J connectivity index is 1.47. The normalized spacial score (nSPS) is 17.3. The smallest absolute Gasteiger partial charge is 0.323 e. The van der Waals surface area contributed by atoms with Gasteiger partial charge in [-0.2, -0.15) is 0 Å². The Labute approximate surface area is 152 Å². The molecule has 3 heterocycles. The lowest BCUT2D eigenvalue weighted by molar-refractivity contribution is 0.217. The molecule has 25 heavy (non-hydrogen) atoms.